The minimum atomic E-state index is -1.76. The van der Waals surface area contributed by atoms with Gasteiger partial charge in [-0.15, -0.1) is 0 Å². The zero-order valence-corrected chi connectivity index (χ0v) is 23.7. The van der Waals surface area contributed by atoms with Crippen LogP contribution in [0.1, 0.15) is 44.3 Å². The number of rotatable bonds is 7. The molecular weight excluding hydrogens is 572 g/mol. The first-order valence-corrected chi connectivity index (χ1v) is 13.6. The molecule has 2 aromatic carbocycles. The fourth-order valence-electron chi connectivity index (χ4n) is 5.56. The number of aliphatic hydroxyl groups excluding tert-OH is 6. The Hall–Kier alpha value is -3.18. The minimum Gasteiger partial charge on any atom is -0.497 e. The average Bonchev–Trinajstić information content (AvgIpc) is 2.99. The number of aryl methyl sites for hydroxylation is 1. The van der Waals surface area contributed by atoms with Crippen molar-refractivity contribution < 1.29 is 68.6 Å². The van der Waals surface area contributed by atoms with E-state index in [2.05, 4.69) is 0 Å². The highest BCUT2D eigenvalue weighted by Crippen LogP contribution is 2.41. The minimum absolute atomic E-state index is 0.0148. The quantitative estimate of drug-likeness (QED) is 0.187. The molecule has 10 unspecified atom stereocenters. The predicted molar refractivity (Wildman–Crippen MR) is 143 cm³/mol. The Labute approximate surface area is 245 Å². The molecule has 43 heavy (non-hydrogen) atoms. The van der Waals surface area contributed by atoms with Gasteiger partial charge in [-0.3, -0.25) is 9.59 Å². The molecule has 5 rings (SSSR count). The van der Waals surface area contributed by atoms with Crippen molar-refractivity contribution in [3.05, 3.63) is 52.1 Å². The van der Waals surface area contributed by atoms with Gasteiger partial charge in [0.25, 0.3) is 0 Å². The lowest BCUT2D eigenvalue weighted by atomic mass is 9.82. The molecular formula is C29H34O14. The zero-order chi connectivity index (χ0) is 31.3. The van der Waals surface area contributed by atoms with E-state index in [1.807, 2.05) is 0 Å². The third-order valence-electron chi connectivity index (χ3n) is 7.88. The maximum absolute atomic E-state index is 13.8. The van der Waals surface area contributed by atoms with Gasteiger partial charge >= 0.3 is 0 Å². The van der Waals surface area contributed by atoms with Crippen LogP contribution in [0, 0.1) is 6.92 Å². The molecule has 0 spiro atoms. The van der Waals surface area contributed by atoms with Crippen molar-refractivity contribution in [1.82, 2.24) is 0 Å². The maximum atomic E-state index is 13.8. The summed E-state index contributed by atoms with van der Waals surface area (Å²) in [5.41, 5.74) is 0.656. The van der Waals surface area contributed by atoms with Crippen LogP contribution in [0.25, 0.3) is 0 Å². The van der Waals surface area contributed by atoms with Crippen LogP contribution in [0.4, 0.5) is 0 Å². The lowest BCUT2D eigenvalue weighted by Crippen LogP contribution is -2.64. The molecule has 0 bridgehead atoms. The van der Waals surface area contributed by atoms with E-state index in [4.69, 9.17) is 28.4 Å². The smallest absolute Gasteiger partial charge is 0.229 e. The number of hydrogen-bond donors (Lipinski definition) is 6. The van der Waals surface area contributed by atoms with Crippen molar-refractivity contribution in [2.45, 2.75) is 75.3 Å². The van der Waals surface area contributed by atoms with Crippen LogP contribution in [0.2, 0.25) is 0 Å². The summed E-state index contributed by atoms with van der Waals surface area (Å²) in [6, 6.07) is 5.96. The van der Waals surface area contributed by atoms with Gasteiger partial charge in [-0.25, -0.2) is 0 Å². The van der Waals surface area contributed by atoms with Crippen molar-refractivity contribution in [2.24, 2.45) is 0 Å². The van der Waals surface area contributed by atoms with Crippen LogP contribution < -0.4 is 14.2 Å². The third kappa shape index (κ3) is 5.39. The van der Waals surface area contributed by atoms with Gasteiger partial charge in [-0.1, -0.05) is 0 Å². The Morgan fingerprint density at radius 2 is 1.40 bits per heavy atom. The molecule has 2 saturated heterocycles. The predicted octanol–water partition coefficient (Wildman–Crippen LogP) is -1.18. The van der Waals surface area contributed by atoms with Crippen molar-refractivity contribution in [2.75, 3.05) is 20.8 Å². The van der Waals surface area contributed by atoms with Crippen LogP contribution in [0.15, 0.2) is 24.3 Å². The summed E-state index contributed by atoms with van der Waals surface area (Å²) in [7, 11) is 2.78. The van der Waals surface area contributed by atoms with E-state index in [0.29, 0.717) is 11.3 Å². The van der Waals surface area contributed by atoms with Gasteiger partial charge in [-0.05, 0) is 37.6 Å². The average molecular weight is 607 g/mol. The Morgan fingerprint density at radius 1 is 0.744 bits per heavy atom. The summed E-state index contributed by atoms with van der Waals surface area (Å²) in [6.07, 6.45) is -15.2. The molecule has 0 radical (unpaired) electrons. The SMILES string of the molecule is COc1cc(OC)c2c(c1)C(=O)c1cc(C)cc(OC3OC(C)C(OC4OC(CO)C(O)C(O)C4O)C(O)C3O)c1C2=O. The van der Waals surface area contributed by atoms with E-state index in [1.54, 1.807) is 6.92 Å². The fraction of sp³-hybridized carbons (Fsp3) is 0.517. The first kappa shape index (κ1) is 31.3. The number of ketones is 2. The van der Waals surface area contributed by atoms with Crippen LogP contribution in [0.5, 0.6) is 17.2 Å². The number of ether oxygens (including phenoxy) is 6. The zero-order valence-electron chi connectivity index (χ0n) is 23.7. The fourth-order valence-corrected chi connectivity index (χ4v) is 5.56. The van der Waals surface area contributed by atoms with Gasteiger partial charge in [-0.2, -0.15) is 0 Å². The summed E-state index contributed by atoms with van der Waals surface area (Å²) in [5, 5.41) is 61.8. The van der Waals surface area contributed by atoms with Crippen molar-refractivity contribution >= 4 is 11.6 Å². The van der Waals surface area contributed by atoms with Crippen molar-refractivity contribution in [1.29, 1.82) is 0 Å². The van der Waals surface area contributed by atoms with Crippen LogP contribution in [-0.4, -0.2) is 124 Å². The van der Waals surface area contributed by atoms with Crippen molar-refractivity contribution in [3.8, 4) is 17.2 Å². The van der Waals surface area contributed by atoms with E-state index in [0.717, 1.165) is 0 Å². The molecule has 3 aliphatic rings. The molecule has 0 saturated carbocycles. The molecule has 2 fully saturated rings. The first-order chi connectivity index (χ1) is 20.4. The molecule has 6 N–H and O–H groups in total. The first-order valence-electron chi connectivity index (χ1n) is 13.6. The number of carbonyl (C=O) groups excluding carboxylic acids is 2. The lowest BCUT2D eigenvalue weighted by molar-refractivity contribution is -0.348. The highest BCUT2D eigenvalue weighted by Gasteiger charge is 2.50. The normalized spacial score (nSPS) is 33.9. The summed E-state index contributed by atoms with van der Waals surface area (Å²) in [5.74, 6) is -0.667. The standard InChI is InChI=1S/C29H34O14/c1-10-5-13-19(22(33)18-14(20(13)31)7-12(38-3)8-15(18)39-4)16(6-10)41-28-26(37)24(35)27(11(2)40-28)43-29-25(36)23(34)21(32)17(9-30)42-29/h5-8,11,17,21,23-30,32,34-37H,9H2,1-4H3. The Morgan fingerprint density at radius 3 is 2.05 bits per heavy atom. The van der Waals surface area contributed by atoms with E-state index < -0.39 is 79.6 Å². The molecule has 0 aromatic heterocycles. The number of aliphatic hydroxyl groups is 6. The monoisotopic (exact) mass is 606 g/mol. The number of hydrogen-bond acceptors (Lipinski definition) is 14. The Bertz CT molecular complexity index is 1390. The molecule has 0 amide bonds. The summed E-state index contributed by atoms with van der Waals surface area (Å²) >= 11 is 0. The summed E-state index contributed by atoms with van der Waals surface area (Å²) < 4.78 is 33.4. The van der Waals surface area contributed by atoms with Gasteiger partial charge in [0, 0.05) is 17.2 Å². The number of fused-ring (bicyclic) bond motifs is 2. The molecule has 14 nitrogen and oxygen atoms in total. The summed E-state index contributed by atoms with van der Waals surface area (Å²) in [6.45, 7) is 2.48. The largest absolute Gasteiger partial charge is 0.497 e. The second-order valence-corrected chi connectivity index (χ2v) is 10.7. The van der Waals surface area contributed by atoms with Crippen molar-refractivity contribution in [3.63, 3.8) is 0 Å². The highest BCUT2D eigenvalue weighted by molar-refractivity contribution is 6.30. The summed E-state index contributed by atoms with van der Waals surface area (Å²) in [4.78, 5) is 27.4. The molecule has 2 aromatic rings. The van der Waals surface area contributed by atoms with Gasteiger partial charge in [0.15, 0.2) is 12.1 Å². The Balaban J connectivity index is 1.41. The number of benzene rings is 2. The highest BCUT2D eigenvalue weighted by atomic mass is 16.7. The van der Waals surface area contributed by atoms with E-state index in [9.17, 15) is 40.2 Å². The molecule has 14 heteroatoms. The molecule has 234 valence electrons. The van der Waals surface area contributed by atoms with E-state index >= 15 is 0 Å². The van der Waals surface area contributed by atoms with Gasteiger partial charge in [0.05, 0.1) is 38.1 Å². The maximum Gasteiger partial charge on any atom is 0.229 e. The van der Waals surface area contributed by atoms with Gasteiger partial charge < -0.3 is 59.1 Å². The van der Waals surface area contributed by atoms with Crippen LogP contribution in [0.3, 0.4) is 0 Å². The molecule has 1 aliphatic carbocycles. The van der Waals surface area contributed by atoms with Gasteiger partial charge in [0.1, 0.15) is 60.0 Å². The topological polar surface area (TPSA) is 211 Å². The second kappa shape index (κ2) is 12.1. The lowest BCUT2D eigenvalue weighted by Gasteiger charge is -2.45. The van der Waals surface area contributed by atoms with Crippen LogP contribution in [-0.2, 0) is 14.2 Å². The van der Waals surface area contributed by atoms with E-state index in [-0.39, 0.29) is 33.8 Å². The van der Waals surface area contributed by atoms with E-state index in [1.165, 1.54) is 45.4 Å². The third-order valence-corrected chi connectivity index (χ3v) is 7.88. The number of carbonyl (C=O) groups is 2. The second-order valence-electron chi connectivity index (χ2n) is 10.7. The molecule has 2 heterocycles. The van der Waals surface area contributed by atoms with Crippen LogP contribution >= 0.6 is 0 Å². The molecule has 10 atom stereocenters. The Kier molecular flexibility index (Phi) is 8.77. The number of methoxy groups -OCH3 is 2. The molecule has 2 aliphatic heterocycles. The van der Waals surface area contributed by atoms with Gasteiger partial charge in [0.2, 0.25) is 12.1 Å².